The lowest BCUT2D eigenvalue weighted by molar-refractivity contribution is 0.491. The Morgan fingerprint density at radius 3 is 2.76 bits per heavy atom. The van der Waals surface area contributed by atoms with Gasteiger partial charge in [-0.1, -0.05) is 32.0 Å². The number of fused-ring (bicyclic) bond motifs is 1. The Morgan fingerprint density at radius 2 is 2.05 bits per heavy atom. The molecule has 4 nitrogen and oxygen atoms in total. The van der Waals surface area contributed by atoms with Gasteiger partial charge in [-0.3, -0.25) is 4.68 Å². The van der Waals surface area contributed by atoms with Gasteiger partial charge in [-0.05, 0) is 19.1 Å². The molecule has 4 heteroatoms. The summed E-state index contributed by atoms with van der Waals surface area (Å²) >= 11 is 0. The van der Waals surface area contributed by atoms with Crippen LogP contribution in [0.2, 0.25) is 0 Å². The van der Waals surface area contributed by atoms with E-state index < -0.39 is 0 Å². The van der Waals surface area contributed by atoms with Crippen molar-refractivity contribution in [2.24, 2.45) is 0 Å². The largest absolute Gasteiger partial charge is 0.459 e. The van der Waals surface area contributed by atoms with E-state index in [0.29, 0.717) is 12.6 Å². The van der Waals surface area contributed by atoms with Crippen LogP contribution in [0, 0.1) is 6.92 Å². The Balaban J connectivity index is 1.99. The Kier molecular flexibility index (Phi) is 3.80. The van der Waals surface area contributed by atoms with Crippen LogP contribution in [0.1, 0.15) is 30.9 Å². The van der Waals surface area contributed by atoms with Crippen molar-refractivity contribution in [3.8, 4) is 0 Å². The highest BCUT2D eigenvalue weighted by Gasteiger charge is 2.15. The predicted molar refractivity (Wildman–Crippen MR) is 84.3 cm³/mol. The number of benzene rings is 1. The lowest BCUT2D eigenvalue weighted by atomic mass is 10.1. The Bertz CT molecular complexity index is 739. The standard InChI is InChI=1S/C17H21N3O/c1-12(2)18-10-15-14-6-4-5-7-16(14)21-17(15)11-20-13(3)8-9-19-20/h4-9,12,18H,10-11H2,1-3H3. The third-order valence-electron chi connectivity index (χ3n) is 3.69. The molecule has 0 aliphatic rings. The van der Waals surface area contributed by atoms with Gasteiger partial charge >= 0.3 is 0 Å². The molecule has 0 spiro atoms. The lowest BCUT2D eigenvalue weighted by Crippen LogP contribution is -2.22. The van der Waals surface area contributed by atoms with Crippen molar-refractivity contribution in [3.63, 3.8) is 0 Å². The SMILES string of the molecule is Cc1ccnn1Cc1oc2ccccc2c1CNC(C)C. The molecule has 0 fully saturated rings. The van der Waals surface area contributed by atoms with Gasteiger partial charge in [-0.25, -0.2) is 0 Å². The monoisotopic (exact) mass is 283 g/mol. The van der Waals surface area contributed by atoms with Crippen molar-refractivity contribution in [3.05, 3.63) is 53.5 Å². The first-order valence-corrected chi connectivity index (χ1v) is 7.36. The summed E-state index contributed by atoms with van der Waals surface area (Å²) in [6.45, 7) is 7.84. The molecular weight excluding hydrogens is 262 g/mol. The van der Waals surface area contributed by atoms with Gasteiger partial charge < -0.3 is 9.73 Å². The molecule has 0 amide bonds. The molecular formula is C17H21N3O. The van der Waals surface area contributed by atoms with E-state index in [1.54, 1.807) is 0 Å². The lowest BCUT2D eigenvalue weighted by Gasteiger charge is -2.09. The van der Waals surface area contributed by atoms with Crippen LogP contribution in [0.4, 0.5) is 0 Å². The normalized spacial score (nSPS) is 11.6. The van der Waals surface area contributed by atoms with E-state index >= 15 is 0 Å². The van der Waals surface area contributed by atoms with E-state index in [2.05, 4.69) is 43.3 Å². The maximum atomic E-state index is 6.06. The molecule has 0 unspecified atom stereocenters. The van der Waals surface area contributed by atoms with E-state index in [1.165, 1.54) is 10.9 Å². The summed E-state index contributed by atoms with van der Waals surface area (Å²) in [5, 5.41) is 9.02. The van der Waals surface area contributed by atoms with Crippen LogP contribution in [-0.4, -0.2) is 15.8 Å². The van der Waals surface area contributed by atoms with Crippen molar-refractivity contribution in [2.45, 2.75) is 39.9 Å². The second-order valence-electron chi connectivity index (χ2n) is 5.67. The van der Waals surface area contributed by atoms with Crippen molar-refractivity contribution >= 4 is 11.0 Å². The van der Waals surface area contributed by atoms with Crippen molar-refractivity contribution < 1.29 is 4.42 Å². The van der Waals surface area contributed by atoms with E-state index in [9.17, 15) is 0 Å². The molecule has 2 aromatic heterocycles. The van der Waals surface area contributed by atoms with Gasteiger partial charge in [0, 0.05) is 35.4 Å². The molecule has 3 rings (SSSR count). The number of hydrogen-bond donors (Lipinski definition) is 1. The number of nitrogens with one attached hydrogen (secondary N) is 1. The minimum absolute atomic E-state index is 0.443. The fourth-order valence-corrected chi connectivity index (χ4v) is 2.48. The van der Waals surface area contributed by atoms with Crippen LogP contribution in [0.25, 0.3) is 11.0 Å². The van der Waals surface area contributed by atoms with Crippen LogP contribution in [0.3, 0.4) is 0 Å². The molecule has 21 heavy (non-hydrogen) atoms. The Labute approximate surface area is 124 Å². The summed E-state index contributed by atoms with van der Waals surface area (Å²) in [6.07, 6.45) is 1.82. The molecule has 1 N–H and O–H groups in total. The molecule has 0 aliphatic heterocycles. The molecule has 3 aromatic rings. The topological polar surface area (TPSA) is 43.0 Å². The molecule has 110 valence electrons. The van der Waals surface area contributed by atoms with Gasteiger partial charge in [-0.15, -0.1) is 0 Å². The molecule has 0 saturated carbocycles. The van der Waals surface area contributed by atoms with Gasteiger partial charge in [-0.2, -0.15) is 5.10 Å². The minimum Gasteiger partial charge on any atom is -0.459 e. The van der Waals surface area contributed by atoms with Crippen LogP contribution in [-0.2, 0) is 13.1 Å². The van der Waals surface area contributed by atoms with E-state index in [-0.39, 0.29) is 0 Å². The van der Waals surface area contributed by atoms with Gasteiger partial charge in [0.15, 0.2) is 0 Å². The van der Waals surface area contributed by atoms with Gasteiger partial charge in [0.25, 0.3) is 0 Å². The van der Waals surface area contributed by atoms with E-state index in [0.717, 1.165) is 23.6 Å². The maximum absolute atomic E-state index is 6.06. The first kappa shape index (κ1) is 13.9. The first-order chi connectivity index (χ1) is 10.1. The fourth-order valence-electron chi connectivity index (χ4n) is 2.48. The second kappa shape index (κ2) is 5.74. The van der Waals surface area contributed by atoms with Crippen LogP contribution >= 0.6 is 0 Å². The number of aromatic nitrogens is 2. The van der Waals surface area contributed by atoms with E-state index in [4.69, 9.17) is 4.42 Å². The molecule has 0 bridgehead atoms. The van der Waals surface area contributed by atoms with E-state index in [1.807, 2.05) is 29.1 Å². The Morgan fingerprint density at radius 1 is 1.24 bits per heavy atom. The van der Waals surface area contributed by atoms with Crippen molar-refractivity contribution in [1.82, 2.24) is 15.1 Å². The predicted octanol–water partition coefficient (Wildman–Crippen LogP) is 3.48. The third-order valence-corrected chi connectivity index (χ3v) is 3.69. The smallest absolute Gasteiger partial charge is 0.134 e. The third kappa shape index (κ3) is 2.85. The summed E-state index contributed by atoms with van der Waals surface area (Å²) in [7, 11) is 0. The first-order valence-electron chi connectivity index (χ1n) is 7.36. The molecule has 0 radical (unpaired) electrons. The van der Waals surface area contributed by atoms with Crippen molar-refractivity contribution in [1.29, 1.82) is 0 Å². The molecule has 1 aromatic carbocycles. The number of nitrogens with zero attached hydrogens (tertiary/aromatic N) is 2. The molecule has 0 atom stereocenters. The minimum atomic E-state index is 0.443. The highest BCUT2D eigenvalue weighted by molar-refractivity contribution is 5.82. The number of rotatable bonds is 5. The number of furan rings is 1. The highest BCUT2D eigenvalue weighted by atomic mass is 16.3. The van der Waals surface area contributed by atoms with Crippen molar-refractivity contribution in [2.75, 3.05) is 0 Å². The molecule has 0 saturated heterocycles. The van der Waals surface area contributed by atoms with Gasteiger partial charge in [0.2, 0.25) is 0 Å². The average Bonchev–Trinajstić information content (AvgIpc) is 3.01. The fraction of sp³-hybridized carbons (Fsp3) is 0.353. The maximum Gasteiger partial charge on any atom is 0.134 e. The zero-order chi connectivity index (χ0) is 14.8. The highest BCUT2D eigenvalue weighted by Crippen LogP contribution is 2.26. The zero-order valence-corrected chi connectivity index (χ0v) is 12.8. The van der Waals surface area contributed by atoms with Crippen LogP contribution in [0.15, 0.2) is 40.9 Å². The summed E-state index contributed by atoms with van der Waals surface area (Å²) in [5.41, 5.74) is 3.31. The zero-order valence-electron chi connectivity index (χ0n) is 12.8. The quantitative estimate of drug-likeness (QED) is 0.779. The van der Waals surface area contributed by atoms with Gasteiger partial charge in [0.05, 0.1) is 6.54 Å². The Hall–Kier alpha value is -2.07. The number of aryl methyl sites for hydroxylation is 1. The molecule has 0 aliphatic carbocycles. The van der Waals surface area contributed by atoms with Gasteiger partial charge in [0.1, 0.15) is 11.3 Å². The summed E-state index contributed by atoms with van der Waals surface area (Å²) in [4.78, 5) is 0. The second-order valence-corrected chi connectivity index (χ2v) is 5.67. The van der Waals surface area contributed by atoms with Crippen LogP contribution in [0.5, 0.6) is 0 Å². The average molecular weight is 283 g/mol. The number of para-hydroxylation sites is 1. The number of hydrogen-bond acceptors (Lipinski definition) is 3. The molecule has 2 heterocycles. The summed E-state index contributed by atoms with van der Waals surface area (Å²) in [6, 6.07) is 10.7. The summed E-state index contributed by atoms with van der Waals surface area (Å²) in [5.74, 6) is 0.983. The van der Waals surface area contributed by atoms with Crippen LogP contribution < -0.4 is 5.32 Å². The summed E-state index contributed by atoms with van der Waals surface area (Å²) < 4.78 is 8.03.